The zero-order valence-corrected chi connectivity index (χ0v) is 23.1. The van der Waals surface area contributed by atoms with E-state index in [4.69, 9.17) is 13.8 Å². The second-order valence-corrected chi connectivity index (χ2v) is 10.8. The predicted molar refractivity (Wildman–Crippen MR) is 176 cm³/mol. The highest BCUT2D eigenvalue weighted by molar-refractivity contribution is 6.13. The average molecular weight is 553 g/mol. The standard InChI is InChI=1S/C39H24N2O2/c1-2-13-27(14-3-1)41(34-18-8-12-25-10-4-6-15-29(25)34)28-21-22-31-36(24-28)42-35-19-9-17-32(37(31)35)39-40-33-23-20-26-11-5-7-16-30(26)38(33)43-39/h1-24H. The van der Waals surface area contributed by atoms with Crippen molar-refractivity contribution in [3.8, 4) is 11.5 Å². The van der Waals surface area contributed by atoms with E-state index in [0.29, 0.717) is 5.89 Å². The Kier molecular flexibility index (Phi) is 5.16. The fraction of sp³-hybridized carbons (Fsp3) is 0. The normalized spacial score (nSPS) is 11.7. The molecule has 2 aromatic heterocycles. The van der Waals surface area contributed by atoms with Crippen LogP contribution in [0.5, 0.6) is 0 Å². The first kappa shape index (κ1) is 23.8. The summed E-state index contributed by atoms with van der Waals surface area (Å²) in [7, 11) is 0. The predicted octanol–water partition coefficient (Wildman–Crippen LogP) is 11.2. The lowest BCUT2D eigenvalue weighted by molar-refractivity contribution is 0.623. The van der Waals surface area contributed by atoms with Crippen molar-refractivity contribution < 1.29 is 8.83 Å². The van der Waals surface area contributed by atoms with Gasteiger partial charge in [0, 0.05) is 44.5 Å². The van der Waals surface area contributed by atoms with E-state index in [0.717, 1.165) is 66.4 Å². The molecular formula is C39H24N2O2. The summed E-state index contributed by atoms with van der Waals surface area (Å²) >= 11 is 0. The topological polar surface area (TPSA) is 42.4 Å². The molecule has 7 aromatic carbocycles. The first-order valence-corrected chi connectivity index (χ1v) is 14.4. The lowest BCUT2D eigenvalue weighted by atomic mass is 10.0. The van der Waals surface area contributed by atoms with E-state index in [-0.39, 0.29) is 0 Å². The van der Waals surface area contributed by atoms with Crippen LogP contribution in [-0.2, 0) is 0 Å². The third kappa shape index (κ3) is 3.74. The minimum atomic E-state index is 0.588. The van der Waals surface area contributed by atoms with Crippen LogP contribution >= 0.6 is 0 Å². The summed E-state index contributed by atoms with van der Waals surface area (Å²) < 4.78 is 13.0. The van der Waals surface area contributed by atoms with Crippen LogP contribution in [0.1, 0.15) is 0 Å². The van der Waals surface area contributed by atoms with Crippen molar-refractivity contribution in [3.63, 3.8) is 0 Å². The zero-order chi connectivity index (χ0) is 28.3. The van der Waals surface area contributed by atoms with E-state index < -0.39 is 0 Å². The molecule has 0 saturated carbocycles. The van der Waals surface area contributed by atoms with Crippen LogP contribution in [0.15, 0.2) is 154 Å². The second-order valence-electron chi connectivity index (χ2n) is 10.8. The number of hydrogen-bond donors (Lipinski definition) is 0. The molecule has 0 bridgehead atoms. The summed E-state index contributed by atoms with van der Waals surface area (Å²) in [6.45, 7) is 0. The molecule has 0 N–H and O–H groups in total. The van der Waals surface area contributed by atoms with Crippen molar-refractivity contribution in [2.75, 3.05) is 4.90 Å². The number of hydrogen-bond acceptors (Lipinski definition) is 4. The van der Waals surface area contributed by atoms with Crippen molar-refractivity contribution in [1.29, 1.82) is 0 Å². The molecule has 9 rings (SSSR count). The number of anilines is 3. The Morgan fingerprint density at radius 3 is 2.12 bits per heavy atom. The maximum Gasteiger partial charge on any atom is 0.228 e. The number of benzene rings is 7. The van der Waals surface area contributed by atoms with E-state index in [9.17, 15) is 0 Å². The molecule has 0 amide bonds. The Bertz CT molecular complexity index is 2470. The Hall–Kier alpha value is -5.87. The fourth-order valence-corrected chi connectivity index (χ4v) is 6.31. The molecule has 0 radical (unpaired) electrons. The van der Waals surface area contributed by atoms with Gasteiger partial charge in [0.15, 0.2) is 5.58 Å². The average Bonchev–Trinajstić information content (AvgIpc) is 3.67. The maximum absolute atomic E-state index is 6.51. The van der Waals surface area contributed by atoms with Crippen LogP contribution < -0.4 is 4.90 Å². The summed E-state index contributed by atoms with van der Waals surface area (Å²) in [4.78, 5) is 7.20. The van der Waals surface area contributed by atoms with Gasteiger partial charge in [0.25, 0.3) is 0 Å². The van der Waals surface area contributed by atoms with E-state index in [2.05, 4.69) is 114 Å². The quantitative estimate of drug-likeness (QED) is 0.218. The number of oxazole rings is 1. The third-order valence-corrected chi connectivity index (χ3v) is 8.27. The van der Waals surface area contributed by atoms with Gasteiger partial charge >= 0.3 is 0 Å². The number of nitrogens with zero attached hydrogens (tertiary/aromatic N) is 2. The molecule has 0 aliphatic rings. The molecular weight excluding hydrogens is 528 g/mol. The van der Waals surface area contributed by atoms with Crippen LogP contribution in [-0.4, -0.2) is 4.98 Å². The van der Waals surface area contributed by atoms with Gasteiger partial charge in [0.05, 0.1) is 5.69 Å². The first-order valence-electron chi connectivity index (χ1n) is 14.4. The van der Waals surface area contributed by atoms with Gasteiger partial charge in [-0.3, -0.25) is 0 Å². The van der Waals surface area contributed by atoms with Crippen LogP contribution in [0.25, 0.3) is 66.0 Å². The first-order chi connectivity index (χ1) is 21.3. The van der Waals surface area contributed by atoms with Gasteiger partial charge in [-0.2, -0.15) is 0 Å². The van der Waals surface area contributed by atoms with E-state index in [1.165, 1.54) is 10.8 Å². The monoisotopic (exact) mass is 552 g/mol. The lowest BCUT2D eigenvalue weighted by Crippen LogP contribution is -2.10. The molecule has 0 spiro atoms. The van der Waals surface area contributed by atoms with Gasteiger partial charge in [-0.25, -0.2) is 4.98 Å². The Morgan fingerprint density at radius 2 is 1.23 bits per heavy atom. The number of para-hydroxylation sites is 1. The summed E-state index contributed by atoms with van der Waals surface area (Å²) in [5, 5.41) is 6.59. The lowest BCUT2D eigenvalue weighted by Gasteiger charge is -2.26. The molecule has 4 heteroatoms. The van der Waals surface area contributed by atoms with Crippen LogP contribution in [0.2, 0.25) is 0 Å². The number of aromatic nitrogens is 1. The number of furan rings is 1. The second kappa shape index (κ2) is 9.33. The summed E-state index contributed by atoms with van der Waals surface area (Å²) in [6, 6.07) is 50.3. The summed E-state index contributed by atoms with van der Waals surface area (Å²) in [6.07, 6.45) is 0. The van der Waals surface area contributed by atoms with Gasteiger partial charge in [0.2, 0.25) is 5.89 Å². The van der Waals surface area contributed by atoms with E-state index in [1.807, 2.05) is 36.4 Å². The smallest absolute Gasteiger partial charge is 0.228 e. The van der Waals surface area contributed by atoms with Crippen molar-refractivity contribution in [2.45, 2.75) is 0 Å². The Morgan fingerprint density at radius 1 is 0.488 bits per heavy atom. The Balaban J connectivity index is 1.24. The summed E-state index contributed by atoms with van der Waals surface area (Å²) in [5.74, 6) is 0.588. The molecule has 202 valence electrons. The van der Waals surface area contributed by atoms with Crippen molar-refractivity contribution in [1.82, 2.24) is 4.98 Å². The molecule has 0 unspecified atom stereocenters. The Labute approximate surface area is 247 Å². The van der Waals surface area contributed by atoms with Gasteiger partial charge in [-0.15, -0.1) is 0 Å². The molecule has 0 saturated heterocycles. The van der Waals surface area contributed by atoms with Crippen LogP contribution in [0.3, 0.4) is 0 Å². The van der Waals surface area contributed by atoms with Crippen molar-refractivity contribution in [2.24, 2.45) is 0 Å². The molecule has 4 nitrogen and oxygen atoms in total. The summed E-state index contributed by atoms with van der Waals surface area (Å²) in [5.41, 5.74) is 7.37. The largest absolute Gasteiger partial charge is 0.456 e. The van der Waals surface area contributed by atoms with Crippen molar-refractivity contribution in [3.05, 3.63) is 146 Å². The van der Waals surface area contributed by atoms with Gasteiger partial charge in [-0.1, -0.05) is 91.0 Å². The van der Waals surface area contributed by atoms with E-state index in [1.54, 1.807) is 0 Å². The number of rotatable bonds is 4. The minimum absolute atomic E-state index is 0.588. The van der Waals surface area contributed by atoms with Crippen molar-refractivity contribution >= 4 is 71.6 Å². The fourth-order valence-electron chi connectivity index (χ4n) is 6.31. The SMILES string of the molecule is c1ccc(N(c2ccc3c(c2)oc2cccc(-c4nc5ccc6ccccc6c5o4)c23)c2cccc3ccccc23)cc1. The third-order valence-electron chi connectivity index (χ3n) is 8.27. The zero-order valence-electron chi connectivity index (χ0n) is 23.1. The van der Waals surface area contributed by atoms with Crippen LogP contribution in [0, 0.1) is 0 Å². The molecule has 43 heavy (non-hydrogen) atoms. The minimum Gasteiger partial charge on any atom is -0.456 e. The highest BCUT2D eigenvalue weighted by atomic mass is 16.3. The van der Waals surface area contributed by atoms with Gasteiger partial charge in [-0.05, 0) is 59.3 Å². The molecule has 0 fully saturated rings. The van der Waals surface area contributed by atoms with Gasteiger partial charge < -0.3 is 13.7 Å². The van der Waals surface area contributed by atoms with E-state index >= 15 is 0 Å². The maximum atomic E-state index is 6.51. The molecule has 0 atom stereocenters. The molecule has 0 aliphatic heterocycles. The molecule has 9 aromatic rings. The molecule has 0 aliphatic carbocycles. The highest BCUT2D eigenvalue weighted by Gasteiger charge is 2.20. The highest BCUT2D eigenvalue weighted by Crippen LogP contribution is 2.43. The van der Waals surface area contributed by atoms with Crippen LogP contribution in [0.4, 0.5) is 17.1 Å². The van der Waals surface area contributed by atoms with Gasteiger partial charge in [0.1, 0.15) is 16.7 Å². The molecule has 2 heterocycles. The number of fused-ring (bicyclic) bond motifs is 7.